The predicted molar refractivity (Wildman–Crippen MR) is 234 cm³/mol. The number of H-pyrrole nitrogens is 2. The first-order chi connectivity index (χ1) is 29.6. The Labute approximate surface area is 357 Å². The third-order valence-electron chi connectivity index (χ3n) is 11.3. The van der Waals surface area contributed by atoms with Crippen molar-refractivity contribution >= 4 is 46.5 Å². The molecule has 2 aliphatic heterocycles. The average molecular weight is 841 g/mol. The quantitative estimate of drug-likeness (QED) is 0.101. The van der Waals surface area contributed by atoms with E-state index in [9.17, 15) is 19.2 Å². The maximum atomic E-state index is 13.9. The molecule has 0 bridgehead atoms. The summed E-state index contributed by atoms with van der Waals surface area (Å²) >= 11 is 1.64. The molecule has 1 unspecified atom stereocenters. The molecule has 2 saturated heterocycles. The highest BCUT2D eigenvalue weighted by Gasteiger charge is 2.39. The zero-order valence-corrected chi connectivity index (χ0v) is 35.2. The third kappa shape index (κ3) is 8.69. The number of thioether (sulfide) groups is 1. The van der Waals surface area contributed by atoms with Crippen molar-refractivity contribution in [2.75, 3.05) is 33.1 Å². The van der Waals surface area contributed by atoms with E-state index in [0.29, 0.717) is 30.3 Å². The fourth-order valence-electron chi connectivity index (χ4n) is 8.09. The summed E-state index contributed by atoms with van der Waals surface area (Å²) in [6.07, 6.45) is 3.88. The highest BCUT2D eigenvalue weighted by atomic mass is 32.2. The van der Waals surface area contributed by atoms with Crippen LogP contribution in [0, 0.1) is 5.92 Å². The molecule has 15 heteroatoms. The highest BCUT2D eigenvalue weighted by molar-refractivity contribution is 7.99. The van der Waals surface area contributed by atoms with Crippen molar-refractivity contribution in [2.45, 2.75) is 50.2 Å². The van der Waals surface area contributed by atoms with Crippen LogP contribution in [0.4, 0.5) is 9.59 Å². The Morgan fingerprint density at radius 3 is 2.02 bits per heavy atom. The topological polar surface area (TPSA) is 175 Å². The lowest BCUT2D eigenvalue weighted by Crippen LogP contribution is -2.51. The number of fused-ring (bicyclic) bond motifs is 1. The molecular weight excluding hydrogens is 793 g/mol. The molecule has 0 aliphatic carbocycles. The smallest absolute Gasteiger partial charge is 0.407 e. The molecule has 2 fully saturated rings. The first kappa shape index (κ1) is 41.1. The van der Waals surface area contributed by atoms with Gasteiger partial charge in [-0.15, -0.1) is 11.8 Å². The number of methoxy groups -OCH3 is 2. The summed E-state index contributed by atoms with van der Waals surface area (Å²) in [6, 6.07) is 28.4. The Hall–Kier alpha value is -6.61. The van der Waals surface area contributed by atoms with Crippen molar-refractivity contribution in [1.82, 2.24) is 40.4 Å². The van der Waals surface area contributed by atoms with Crippen LogP contribution in [0.15, 0.2) is 103 Å². The number of amides is 4. The number of hydrogen-bond acceptors (Lipinski definition) is 9. The standard InChI is InChI=1S/C46H48N8O6S/c1-27(2)38(51-45(57)59-3)42(55)54-21-22-61-44(54)41-48-25-35(50-41)29-14-12-28(13-15-29)31-16-17-33-24-34(19-18-32(33)23-31)36-26-47-40(49-36)37-11-8-20-53(37)43(56)39(52-46(58)60-4)30-9-6-5-7-10-30/h5-7,9-10,12-19,23-27,37-39,44H,8,11,20-22H2,1-4H3,(H,47,49)(H,48,50)(H,51,57)(H,52,58)/t37-,38-,39+,44?/m0/s1. The average Bonchev–Trinajstić information content (AvgIpc) is 4.14. The van der Waals surface area contributed by atoms with Gasteiger partial charge in [0.05, 0.1) is 44.0 Å². The molecule has 6 aromatic rings. The first-order valence-electron chi connectivity index (χ1n) is 20.3. The maximum absolute atomic E-state index is 13.9. The number of nitrogens with one attached hydrogen (secondary N) is 4. The summed E-state index contributed by atoms with van der Waals surface area (Å²) in [7, 11) is 2.57. The van der Waals surface area contributed by atoms with Crippen molar-refractivity contribution in [3.8, 4) is 33.6 Å². The van der Waals surface area contributed by atoms with E-state index in [1.807, 2.05) is 50.4 Å². The van der Waals surface area contributed by atoms with Crippen molar-refractivity contribution in [1.29, 1.82) is 0 Å². The largest absolute Gasteiger partial charge is 0.453 e. The predicted octanol–water partition coefficient (Wildman–Crippen LogP) is 8.00. The normalized spacial score (nSPS) is 17.3. The number of imidazole rings is 2. The van der Waals surface area contributed by atoms with Gasteiger partial charge >= 0.3 is 12.2 Å². The summed E-state index contributed by atoms with van der Waals surface area (Å²) in [6.45, 7) is 4.90. The number of aromatic nitrogens is 4. The number of nitrogens with zero attached hydrogens (tertiary/aromatic N) is 4. The highest BCUT2D eigenvalue weighted by Crippen LogP contribution is 2.39. The summed E-state index contributed by atoms with van der Waals surface area (Å²) in [4.78, 5) is 71.6. The molecule has 61 heavy (non-hydrogen) atoms. The lowest BCUT2D eigenvalue weighted by molar-refractivity contribution is -0.135. The Bertz CT molecular complexity index is 2540. The van der Waals surface area contributed by atoms with Crippen molar-refractivity contribution < 1.29 is 28.7 Å². The minimum atomic E-state index is -0.882. The van der Waals surface area contributed by atoms with Crippen LogP contribution >= 0.6 is 11.8 Å². The van der Waals surface area contributed by atoms with E-state index in [-0.39, 0.29) is 29.1 Å². The molecule has 4 aromatic carbocycles. The third-order valence-corrected chi connectivity index (χ3v) is 12.6. The van der Waals surface area contributed by atoms with Gasteiger partial charge in [0.15, 0.2) is 0 Å². The molecule has 4 amide bonds. The Morgan fingerprint density at radius 2 is 1.31 bits per heavy atom. The molecule has 8 rings (SSSR count). The van der Waals surface area contributed by atoms with E-state index in [4.69, 9.17) is 14.5 Å². The van der Waals surface area contributed by atoms with E-state index >= 15 is 0 Å². The van der Waals surface area contributed by atoms with Gasteiger partial charge in [-0.2, -0.15) is 0 Å². The number of aromatic amines is 2. The van der Waals surface area contributed by atoms with Crippen LogP contribution in [-0.4, -0.2) is 92.8 Å². The second-order valence-electron chi connectivity index (χ2n) is 15.5. The van der Waals surface area contributed by atoms with Crippen molar-refractivity contribution in [2.24, 2.45) is 5.92 Å². The molecule has 14 nitrogen and oxygen atoms in total. The lowest BCUT2D eigenvalue weighted by Gasteiger charge is -2.29. The second kappa shape index (κ2) is 17.9. The molecule has 2 aromatic heterocycles. The van der Waals surface area contributed by atoms with E-state index < -0.39 is 24.3 Å². The minimum Gasteiger partial charge on any atom is -0.453 e. The number of ether oxygens (including phenoxy) is 2. The SMILES string of the molecule is COC(=O)N[C@H](C(=O)N1CCSC1c1ncc(-c2ccc(-c3ccc4cc(-c5cnc([C@@H]6CCCN6C(=O)[C@H](NC(=O)OC)c6ccccc6)[nH]5)ccc4c3)cc2)[nH]1)C(C)C. The zero-order chi connectivity index (χ0) is 42.6. The van der Waals surface area contributed by atoms with Gasteiger partial charge in [0.1, 0.15) is 29.1 Å². The van der Waals surface area contributed by atoms with Gasteiger partial charge in [-0.3, -0.25) is 9.59 Å². The molecule has 314 valence electrons. The fraction of sp³-hybridized carbons (Fsp3) is 0.304. The maximum Gasteiger partial charge on any atom is 0.407 e. The molecule has 2 aliphatic rings. The molecular formula is C46H48N8O6S. The van der Waals surface area contributed by atoms with Crippen molar-refractivity contribution in [3.63, 3.8) is 0 Å². The minimum absolute atomic E-state index is 0.116. The summed E-state index contributed by atoms with van der Waals surface area (Å²) in [5.74, 6) is 1.67. The molecule has 4 heterocycles. The van der Waals surface area contributed by atoms with Gasteiger partial charge in [-0.05, 0) is 63.9 Å². The number of carbonyl (C=O) groups excluding carboxylic acids is 4. The van der Waals surface area contributed by atoms with Crippen LogP contribution in [0.25, 0.3) is 44.4 Å². The monoisotopic (exact) mass is 840 g/mol. The lowest BCUT2D eigenvalue weighted by atomic mass is 9.98. The second-order valence-corrected chi connectivity index (χ2v) is 16.7. The Morgan fingerprint density at radius 1 is 0.705 bits per heavy atom. The molecule has 4 N–H and O–H groups in total. The van der Waals surface area contributed by atoms with E-state index in [1.54, 1.807) is 27.8 Å². The van der Waals surface area contributed by atoms with Crippen LogP contribution in [0.5, 0.6) is 0 Å². The van der Waals surface area contributed by atoms with E-state index in [1.165, 1.54) is 14.2 Å². The zero-order valence-electron chi connectivity index (χ0n) is 34.4. The number of rotatable bonds is 11. The van der Waals surface area contributed by atoms with E-state index in [2.05, 4.69) is 86.2 Å². The number of benzene rings is 4. The molecule has 0 radical (unpaired) electrons. The van der Waals surface area contributed by atoms with Gasteiger partial charge in [0.25, 0.3) is 5.91 Å². The van der Waals surface area contributed by atoms with Crippen LogP contribution in [-0.2, 0) is 19.1 Å². The van der Waals surface area contributed by atoms with Crippen LogP contribution < -0.4 is 10.6 Å². The fourth-order valence-corrected chi connectivity index (χ4v) is 9.28. The molecule has 4 atom stereocenters. The molecule has 0 saturated carbocycles. The summed E-state index contributed by atoms with van der Waals surface area (Å²) < 4.78 is 9.60. The van der Waals surface area contributed by atoms with Crippen LogP contribution in [0.3, 0.4) is 0 Å². The number of likely N-dealkylation sites (tertiary alicyclic amines) is 1. The summed E-state index contributed by atoms with van der Waals surface area (Å²) in [5.41, 5.74) is 6.49. The van der Waals surface area contributed by atoms with Gasteiger partial charge in [0, 0.05) is 24.4 Å². The van der Waals surface area contributed by atoms with Crippen LogP contribution in [0.2, 0.25) is 0 Å². The van der Waals surface area contributed by atoms with Gasteiger partial charge in [-0.1, -0.05) is 92.7 Å². The number of alkyl carbamates (subject to hydrolysis) is 2. The molecule has 0 spiro atoms. The Balaban J connectivity index is 0.943. The number of hydrogen-bond donors (Lipinski definition) is 4. The number of carbonyl (C=O) groups is 4. The van der Waals surface area contributed by atoms with E-state index in [0.717, 1.165) is 63.0 Å². The van der Waals surface area contributed by atoms with Gasteiger partial charge in [-0.25, -0.2) is 19.6 Å². The first-order valence-corrected chi connectivity index (χ1v) is 21.4. The van der Waals surface area contributed by atoms with Gasteiger partial charge in [0.2, 0.25) is 5.91 Å². The van der Waals surface area contributed by atoms with Crippen molar-refractivity contribution in [3.05, 3.63) is 121 Å². The Kier molecular flexibility index (Phi) is 12.1. The van der Waals surface area contributed by atoms with Crippen LogP contribution in [0.1, 0.15) is 61.4 Å². The summed E-state index contributed by atoms with van der Waals surface area (Å²) in [5, 5.41) is 7.29. The van der Waals surface area contributed by atoms with Gasteiger partial charge < -0.3 is 39.9 Å².